The molecule has 1 heterocycles. The predicted octanol–water partition coefficient (Wildman–Crippen LogP) is 2.14. The first-order valence-electron chi connectivity index (χ1n) is 7.67. The van der Waals surface area contributed by atoms with E-state index in [0.717, 1.165) is 31.0 Å². The van der Waals surface area contributed by atoms with Gasteiger partial charge in [-0.2, -0.15) is 5.26 Å². The van der Waals surface area contributed by atoms with E-state index in [2.05, 4.69) is 5.32 Å². The molecule has 0 aromatic heterocycles. The van der Waals surface area contributed by atoms with Crippen LogP contribution in [0, 0.1) is 17.1 Å². The summed E-state index contributed by atoms with van der Waals surface area (Å²) in [6.45, 7) is 1.45. The lowest BCUT2D eigenvalue weighted by molar-refractivity contribution is -0.131. The molecule has 1 saturated heterocycles. The van der Waals surface area contributed by atoms with Crippen LogP contribution < -0.4 is 11.1 Å². The Morgan fingerprint density at radius 1 is 1.52 bits per heavy atom. The third-order valence-electron chi connectivity index (χ3n) is 3.74. The summed E-state index contributed by atoms with van der Waals surface area (Å²) in [5, 5.41) is 12.1. The van der Waals surface area contributed by atoms with Crippen LogP contribution in [0.4, 0.5) is 10.1 Å². The molecule has 1 fully saturated rings. The number of hydrogen-bond donors (Lipinski definition) is 2. The standard InChI is InChI=1S/C16H21FN4OS/c17-13-4-5-15(12(9-13)10-18)20-6-2-1-3-14(19)16(22)21-7-8-23-11-21/h4-5,9,14,20H,1-3,6-8,11,19H2. The molecule has 1 aliphatic rings. The molecule has 1 aromatic carbocycles. The van der Waals surface area contributed by atoms with Crippen LogP contribution >= 0.6 is 11.8 Å². The zero-order valence-corrected chi connectivity index (χ0v) is 13.7. The lowest BCUT2D eigenvalue weighted by Crippen LogP contribution is -2.42. The molecule has 124 valence electrons. The number of thioether (sulfide) groups is 1. The van der Waals surface area contributed by atoms with Crippen molar-refractivity contribution >= 4 is 23.4 Å². The second-order valence-electron chi connectivity index (χ2n) is 5.47. The number of hydrogen-bond acceptors (Lipinski definition) is 5. The van der Waals surface area contributed by atoms with Crippen molar-refractivity contribution in [1.82, 2.24) is 4.90 Å². The van der Waals surface area contributed by atoms with E-state index in [-0.39, 0.29) is 5.91 Å². The van der Waals surface area contributed by atoms with Gasteiger partial charge in [-0.05, 0) is 37.5 Å². The van der Waals surface area contributed by atoms with Gasteiger partial charge in [-0.3, -0.25) is 4.79 Å². The molecule has 0 aliphatic carbocycles. The monoisotopic (exact) mass is 336 g/mol. The topological polar surface area (TPSA) is 82.1 Å². The molecular formula is C16H21FN4OS. The minimum atomic E-state index is -0.436. The Morgan fingerprint density at radius 2 is 2.35 bits per heavy atom. The molecule has 1 aromatic rings. The van der Waals surface area contributed by atoms with E-state index in [0.29, 0.717) is 24.2 Å². The molecule has 0 bridgehead atoms. The summed E-state index contributed by atoms with van der Waals surface area (Å²) in [5.74, 6) is 1.35. The van der Waals surface area contributed by atoms with Crippen LogP contribution in [0.25, 0.3) is 0 Å². The number of halogens is 1. The Balaban J connectivity index is 1.68. The molecule has 1 aliphatic heterocycles. The molecule has 5 nitrogen and oxygen atoms in total. The molecule has 0 saturated carbocycles. The second-order valence-corrected chi connectivity index (χ2v) is 6.54. The highest BCUT2D eigenvalue weighted by atomic mass is 32.2. The number of nitrogens with zero attached hydrogens (tertiary/aromatic N) is 2. The van der Waals surface area contributed by atoms with E-state index >= 15 is 0 Å². The third kappa shape index (κ3) is 5.12. The van der Waals surface area contributed by atoms with Gasteiger partial charge in [0, 0.05) is 18.8 Å². The van der Waals surface area contributed by atoms with Crippen LogP contribution in [-0.4, -0.2) is 41.6 Å². The molecule has 0 radical (unpaired) electrons. The minimum Gasteiger partial charge on any atom is -0.384 e. The summed E-state index contributed by atoms with van der Waals surface area (Å²) >= 11 is 1.75. The first-order chi connectivity index (χ1) is 11.1. The van der Waals surface area contributed by atoms with Crippen LogP contribution in [0.2, 0.25) is 0 Å². The maximum Gasteiger partial charge on any atom is 0.240 e. The fraction of sp³-hybridized carbons (Fsp3) is 0.500. The molecule has 23 heavy (non-hydrogen) atoms. The first kappa shape index (κ1) is 17.6. The Hall–Kier alpha value is -1.78. The summed E-state index contributed by atoms with van der Waals surface area (Å²) in [6, 6.07) is 5.63. The number of benzene rings is 1. The van der Waals surface area contributed by atoms with Gasteiger partial charge in [0.15, 0.2) is 0 Å². The van der Waals surface area contributed by atoms with Crippen LogP contribution in [0.15, 0.2) is 18.2 Å². The fourth-order valence-electron chi connectivity index (χ4n) is 2.42. The van der Waals surface area contributed by atoms with Crippen LogP contribution in [0.1, 0.15) is 24.8 Å². The Labute approximate surface area is 140 Å². The molecule has 0 spiro atoms. The number of anilines is 1. The maximum atomic E-state index is 13.0. The molecule has 3 N–H and O–H groups in total. The molecule has 7 heteroatoms. The number of carbonyl (C=O) groups excluding carboxylic acids is 1. The van der Waals surface area contributed by atoms with Gasteiger partial charge in [0.25, 0.3) is 0 Å². The van der Waals surface area contributed by atoms with Crippen molar-refractivity contribution in [3.8, 4) is 6.07 Å². The van der Waals surface area contributed by atoms with E-state index in [1.54, 1.807) is 17.8 Å². The van der Waals surface area contributed by atoms with Gasteiger partial charge in [-0.1, -0.05) is 0 Å². The van der Waals surface area contributed by atoms with Crippen molar-refractivity contribution in [2.24, 2.45) is 5.73 Å². The van der Waals surface area contributed by atoms with Gasteiger partial charge < -0.3 is 16.0 Å². The van der Waals surface area contributed by atoms with Gasteiger partial charge >= 0.3 is 0 Å². The molecular weight excluding hydrogens is 315 g/mol. The van der Waals surface area contributed by atoms with Crippen molar-refractivity contribution in [2.45, 2.75) is 25.3 Å². The smallest absolute Gasteiger partial charge is 0.240 e. The predicted molar refractivity (Wildman–Crippen MR) is 90.5 cm³/mol. The molecule has 1 unspecified atom stereocenters. The largest absolute Gasteiger partial charge is 0.384 e. The fourth-order valence-corrected chi connectivity index (χ4v) is 3.38. The molecule has 2 rings (SSSR count). The zero-order chi connectivity index (χ0) is 16.7. The summed E-state index contributed by atoms with van der Waals surface area (Å²) in [6.07, 6.45) is 2.30. The van der Waals surface area contributed by atoms with Gasteiger partial charge in [0.1, 0.15) is 11.9 Å². The van der Waals surface area contributed by atoms with Gasteiger partial charge in [0.2, 0.25) is 5.91 Å². The number of carbonyl (C=O) groups is 1. The van der Waals surface area contributed by atoms with E-state index in [4.69, 9.17) is 11.0 Å². The average molecular weight is 336 g/mol. The zero-order valence-electron chi connectivity index (χ0n) is 12.9. The highest BCUT2D eigenvalue weighted by Gasteiger charge is 2.23. The Morgan fingerprint density at radius 3 is 3.04 bits per heavy atom. The molecule has 1 amide bonds. The van der Waals surface area contributed by atoms with Crippen LogP contribution in [0.5, 0.6) is 0 Å². The summed E-state index contributed by atoms with van der Waals surface area (Å²) in [4.78, 5) is 13.9. The van der Waals surface area contributed by atoms with Gasteiger partial charge in [-0.25, -0.2) is 4.39 Å². The number of nitrogens with two attached hydrogens (primary N) is 1. The van der Waals surface area contributed by atoms with Gasteiger partial charge in [0.05, 0.1) is 23.2 Å². The summed E-state index contributed by atoms with van der Waals surface area (Å²) < 4.78 is 13.0. The lowest BCUT2D eigenvalue weighted by Gasteiger charge is -2.19. The van der Waals surface area contributed by atoms with Crippen LogP contribution in [-0.2, 0) is 4.79 Å². The van der Waals surface area contributed by atoms with E-state index in [9.17, 15) is 9.18 Å². The van der Waals surface area contributed by atoms with E-state index < -0.39 is 11.9 Å². The summed E-state index contributed by atoms with van der Waals surface area (Å²) in [7, 11) is 0. The van der Waals surface area contributed by atoms with Crippen molar-refractivity contribution in [3.05, 3.63) is 29.6 Å². The van der Waals surface area contributed by atoms with Crippen molar-refractivity contribution in [1.29, 1.82) is 5.26 Å². The maximum absolute atomic E-state index is 13.0. The van der Waals surface area contributed by atoms with Crippen molar-refractivity contribution < 1.29 is 9.18 Å². The van der Waals surface area contributed by atoms with Crippen molar-refractivity contribution in [3.63, 3.8) is 0 Å². The highest BCUT2D eigenvalue weighted by Crippen LogP contribution is 2.17. The number of unbranched alkanes of at least 4 members (excludes halogenated alkanes) is 1. The normalized spacial score (nSPS) is 15.3. The lowest BCUT2D eigenvalue weighted by atomic mass is 10.1. The average Bonchev–Trinajstić information content (AvgIpc) is 3.09. The SMILES string of the molecule is N#Cc1cc(F)ccc1NCCCCC(N)C(=O)N1CCSC1. The number of nitriles is 1. The molecule has 1 atom stereocenters. The van der Waals surface area contributed by atoms with Crippen molar-refractivity contribution in [2.75, 3.05) is 30.0 Å². The van der Waals surface area contributed by atoms with Gasteiger partial charge in [-0.15, -0.1) is 11.8 Å². The second kappa shape index (κ2) is 8.75. The number of nitrogens with one attached hydrogen (secondary N) is 1. The third-order valence-corrected chi connectivity index (χ3v) is 4.71. The van der Waals surface area contributed by atoms with E-state index in [1.165, 1.54) is 12.1 Å². The number of amides is 1. The van der Waals surface area contributed by atoms with E-state index in [1.807, 2.05) is 11.0 Å². The first-order valence-corrected chi connectivity index (χ1v) is 8.83. The Kier molecular flexibility index (Phi) is 6.68. The highest BCUT2D eigenvalue weighted by molar-refractivity contribution is 7.99. The Bertz CT molecular complexity index is 584. The minimum absolute atomic E-state index is 0.0354. The number of rotatable bonds is 7. The van der Waals surface area contributed by atoms with Crippen LogP contribution in [0.3, 0.4) is 0 Å². The quantitative estimate of drug-likeness (QED) is 0.746. The summed E-state index contributed by atoms with van der Waals surface area (Å²) in [5.41, 5.74) is 6.87.